The Balaban J connectivity index is 1.42. The van der Waals surface area contributed by atoms with Crippen molar-refractivity contribution >= 4 is 20.2 Å². The molecular formula is C39H42Si. The van der Waals surface area contributed by atoms with Gasteiger partial charge in [0.05, 0.1) is 0 Å². The van der Waals surface area contributed by atoms with E-state index in [0.717, 1.165) is 12.8 Å². The molecule has 0 N–H and O–H groups in total. The molecule has 0 saturated carbocycles. The third kappa shape index (κ3) is 4.86. The van der Waals surface area contributed by atoms with Gasteiger partial charge in [0, 0.05) is 0 Å². The molecule has 1 heteroatoms. The van der Waals surface area contributed by atoms with Crippen LogP contribution >= 0.6 is 0 Å². The van der Waals surface area contributed by atoms with Crippen molar-refractivity contribution in [2.75, 3.05) is 0 Å². The van der Waals surface area contributed by atoms with Crippen LogP contribution in [0.2, 0.25) is 12.6 Å². The van der Waals surface area contributed by atoms with Gasteiger partial charge in [0.25, 0.3) is 0 Å². The molecule has 202 valence electrons. The molecule has 0 bridgehead atoms. The highest BCUT2D eigenvalue weighted by molar-refractivity contribution is 6.93. The summed E-state index contributed by atoms with van der Waals surface area (Å²) in [4.78, 5) is 0. The van der Waals surface area contributed by atoms with Gasteiger partial charge in [0.2, 0.25) is 0 Å². The van der Waals surface area contributed by atoms with E-state index in [2.05, 4.69) is 124 Å². The number of hydrogen-bond acceptors (Lipinski definition) is 0. The molecule has 0 fully saturated rings. The molecule has 0 spiro atoms. The molecule has 0 heterocycles. The minimum Gasteiger partial charge on any atom is -0.0712 e. The summed E-state index contributed by atoms with van der Waals surface area (Å²) < 4.78 is 0. The fourth-order valence-electron chi connectivity index (χ4n) is 7.10. The average Bonchev–Trinajstić information content (AvgIpc) is 3.61. The van der Waals surface area contributed by atoms with Crippen LogP contribution in [-0.2, 0) is 12.8 Å². The Hall–Kier alpha value is -3.42. The predicted octanol–water partition coefficient (Wildman–Crippen LogP) is 11.0. The lowest BCUT2D eigenvalue weighted by Crippen LogP contribution is -2.36. The van der Waals surface area contributed by atoms with Crippen LogP contribution in [0.1, 0.15) is 66.0 Å². The molecule has 4 aromatic carbocycles. The Bertz CT molecular complexity index is 1500. The second kappa shape index (κ2) is 11.2. The third-order valence-corrected chi connectivity index (χ3v) is 14.4. The van der Waals surface area contributed by atoms with Crippen molar-refractivity contribution in [3.8, 4) is 22.3 Å². The summed E-state index contributed by atoms with van der Waals surface area (Å²) in [5.74, 6) is 0. The van der Waals surface area contributed by atoms with Gasteiger partial charge in [-0.25, -0.2) is 0 Å². The lowest BCUT2D eigenvalue weighted by atomic mass is 9.94. The van der Waals surface area contributed by atoms with E-state index in [1.807, 2.05) is 0 Å². The standard InChI is InChI=1S/C39H42Si/c1-5-6-7-12-23-40(4,32-24-30-17-13-21-36(38(30)26-32)34-19-10-8-15-28(34)2)33-25-31-18-14-22-37(39(31)27-33)35-20-11-9-16-29(35)3/h8-11,13-22,26-27H,5-7,12,23-25H2,1-4H3. The first-order chi connectivity index (χ1) is 19.5. The largest absolute Gasteiger partial charge is 0.106 e. The first-order valence-electron chi connectivity index (χ1n) is 15.3. The van der Waals surface area contributed by atoms with Crippen molar-refractivity contribution < 1.29 is 0 Å². The fourth-order valence-corrected chi connectivity index (χ4v) is 11.2. The summed E-state index contributed by atoms with van der Waals surface area (Å²) in [6.07, 6.45) is 12.8. The highest BCUT2D eigenvalue weighted by Crippen LogP contribution is 2.46. The molecule has 2 aliphatic carbocycles. The second-order valence-corrected chi connectivity index (χ2v) is 16.7. The van der Waals surface area contributed by atoms with Gasteiger partial charge in [-0.1, -0.05) is 153 Å². The van der Waals surface area contributed by atoms with Crippen LogP contribution in [0, 0.1) is 13.8 Å². The van der Waals surface area contributed by atoms with Gasteiger partial charge in [-0.05, 0) is 82.3 Å². The number of rotatable bonds is 9. The van der Waals surface area contributed by atoms with Crippen molar-refractivity contribution in [3.63, 3.8) is 0 Å². The number of fused-ring (bicyclic) bond motifs is 2. The van der Waals surface area contributed by atoms with Crippen molar-refractivity contribution in [2.24, 2.45) is 0 Å². The molecule has 40 heavy (non-hydrogen) atoms. The van der Waals surface area contributed by atoms with Crippen LogP contribution in [0.5, 0.6) is 0 Å². The molecule has 0 atom stereocenters. The number of allylic oxidation sites excluding steroid dienone is 2. The maximum atomic E-state index is 2.69. The summed E-state index contributed by atoms with van der Waals surface area (Å²) >= 11 is 0. The molecule has 0 unspecified atom stereocenters. The van der Waals surface area contributed by atoms with Gasteiger partial charge >= 0.3 is 0 Å². The summed E-state index contributed by atoms with van der Waals surface area (Å²) in [5, 5.41) is 3.47. The van der Waals surface area contributed by atoms with Gasteiger partial charge in [0.15, 0.2) is 0 Å². The van der Waals surface area contributed by atoms with Crippen LogP contribution < -0.4 is 0 Å². The van der Waals surface area contributed by atoms with Gasteiger partial charge in [-0.2, -0.15) is 0 Å². The monoisotopic (exact) mass is 538 g/mol. The minimum absolute atomic E-state index is 1.11. The van der Waals surface area contributed by atoms with Crippen LogP contribution in [0.15, 0.2) is 95.3 Å². The van der Waals surface area contributed by atoms with Gasteiger partial charge < -0.3 is 0 Å². The topological polar surface area (TPSA) is 0 Å². The Morgan fingerprint density at radius 3 is 1.50 bits per heavy atom. The predicted molar refractivity (Wildman–Crippen MR) is 177 cm³/mol. The zero-order valence-corrected chi connectivity index (χ0v) is 25.7. The maximum absolute atomic E-state index is 2.69. The van der Waals surface area contributed by atoms with E-state index in [-0.39, 0.29) is 0 Å². The highest BCUT2D eigenvalue weighted by atomic mass is 28.3. The van der Waals surface area contributed by atoms with Crippen LogP contribution in [0.3, 0.4) is 0 Å². The van der Waals surface area contributed by atoms with Gasteiger partial charge in [-0.3, -0.25) is 0 Å². The molecule has 0 radical (unpaired) electrons. The maximum Gasteiger partial charge on any atom is 0.106 e. The fraction of sp³-hybridized carbons (Fsp3) is 0.282. The molecule has 4 aromatic rings. The van der Waals surface area contributed by atoms with Crippen molar-refractivity contribution in [1.29, 1.82) is 0 Å². The van der Waals surface area contributed by atoms with Crippen LogP contribution in [0.25, 0.3) is 34.4 Å². The molecule has 0 amide bonds. The number of unbranched alkanes of at least 4 members (excludes halogenated alkanes) is 3. The summed E-state index contributed by atoms with van der Waals surface area (Å²) in [6, 6.07) is 33.1. The Labute approximate surface area is 242 Å². The van der Waals surface area contributed by atoms with Gasteiger partial charge in [0.1, 0.15) is 8.07 Å². The Kier molecular flexibility index (Phi) is 7.51. The molecule has 0 aliphatic heterocycles. The van der Waals surface area contributed by atoms with E-state index < -0.39 is 8.07 Å². The molecule has 0 saturated heterocycles. The van der Waals surface area contributed by atoms with Crippen molar-refractivity contribution in [3.05, 3.63) is 129 Å². The Morgan fingerprint density at radius 2 is 1.02 bits per heavy atom. The first kappa shape index (κ1) is 26.8. The molecular weight excluding hydrogens is 497 g/mol. The van der Waals surface area contributed by atoms with Crippen molar-refractivity contribution in [2.45, 2.75) is 71.9 Å². The van der Waals surface area contributed by atoms with E-state index >= 15 is 0 Å². The zero-order chi connectivity index (χ0) is 27.7. The normalized spacial score (nSPS) is 14.1. The van der Waals surface area contributed by atoms with E-state index in [4.69, 9.17) is 0 Å². The second-order valence-electron chi connectivity index (χ2n) is 12.2. The first-order valence-corrected chi connectivity index (χ1v) is 18.0. The third-order valence-electron chi connectivity index (χ3n) is 9.61. The summed E-state index contributed by atoms with van der Waals surface area (Å²) in [7, 11) is -1.88. The van der Waals surface area contributed by atoms with E-state index in [1.165, 1.54) is 87.4 Å². The van der Waals surface area contributed by atoms with E-state index in [0.29, 0.717) is 0 Å². The highest BCUT2D eigenvalue weighted by Gasteiger charge is 2.39. The molecule has 0 nitrogen and oxygen atoms in total. The van der Waals surface area contributed by atoms with E-state index in [9.17, 15) is 0 Å². The minimum atomic E-state index is -1.88. The lowest BCUT2D eigenvalue weighted by molar-refractivity contribution is 0.697. The van der Waals surface area contributed by atoms with Crippen LogP contribution in [0.4, 0.5) is 0 Å². The summed E-state index contributed by atoms with van der Waals surface area (Å²) in [5.41, 5.74) is 14.2. The SMILES string of the molecule is CCCCCC[Si](C)(C1=Cc2c(cccc2-c2ccccc2C)C1)C1=Cc2c(cccc2-c2ccccc2C)C1. The smallest absolute Gasteiger partial charge is 0.0712 e. The summed E-state index contributed by atoms with van der Waals surface area (Å²) in [6.45, 7) is 9.50. The molecule has 2 aliphatic rings. The zero-order valence-electron chi connectivity index (χ0n) is 24.7. The Morgan fingerprint density at radius 1 is 0.550 bits per heavy atom. The van der Waals surface area contributed by atoms with Crippen LogP contribution in [-0.4, -0.2) is 8.07 Å². The number of benzene rings is 4. The average molecular weight is 539 g/mol. The van der Waals surface area contributed by atoms with Crippen molar-refractivity contribution in [1.82, 2.24) is 0 Å². The molecule has 6 rings (SSSR count). The van der Waals surface area contributed by atoms with Gasteiger partial charge in [-0.15, -0.1) is 0 Å². The molecule has 0 aromatic heterocycles. The lowest BCUT2D eigenvalue weighted by Gasteiger charge is -2.31. The number of hydrogen-bond donors (Lipinski definition) is 0. The quantitative estimate of drug-likeness (QED) is 0.147. The number of aryl methyl sites for hydroxylation is 2. The van der Waals surface area contributed by atoms with E-state index in [1.54, 1.807) is 10.4 Å².